The van der Waals surface area contributed by atoms with Gasteiger partial charge in [-0.1, -0.05) is 24.3 Å². The minimum absolute atomic E-state index is 0.0703. The summed E-state index contributed by atoms with van der Waals surface area (Å²) >= 11 is 0. The van der Waals surface area contributed by atoms with E-state index >= 15 is 0 Å². The molecule has 2 heterocycles. The maximum atomic E-state index is 11.5. The van der Waals surface area contributed by atoms with E-state index < -0.39 is 9.84 Å². The van der Waals surface area contributed by atoms with Crippen LogP contribution in [0.25, 0.3) is 0 Å². The van der Waals surface area contributed by atoms with E-state index in [1.807, 2.05) is 18.2 Å². The fourth-order valence-electron chi connectivity index (χ4n) is 2.65. The highest BCUT2D eigenvalue weighted by Crippen LogP contribution is 2.18. The van der Waals surface area contributed by atoms with Crippen LogP contribution in [0.2, 0.25) is 0 Å². The number of rotatable bonds is 5. The fourth-order valence-corrected chi connectivity index (χ4v) is 4.32. The minimum atomic E-state index is -2.90. The number of hydrogen-bond acceptors (Lipinski definition) is 6. The van der Waals surface area contributed by atoms with Crippen molar-refractivity contribution in [2.24, 2.45) is 0 Å². The number of nitrogens with one attached hydrogen (secondary N) is 2. The van der Waals surface area contributed by atoms with Crippen molar-refractivity contribution in [2.45, 2.75) is 25.9 Å². The van der Waals surface area contributed by atoms with Crippen LogP contribution in [0.1, 0.15) is 17.5 Å². The average molecular weight is 332 g/mol. The van der Waals surface area contributed by atoms with E-state index in [9.17, 15) is 8.42 Å². The first-order valence-electron chi connectivity index (χ1n) is 7.59. The summed E-state index contributed by atoms with van der Waals surface area (Å²) in [6.45, 7) is 2.76. The third-order valence-electron chi connectivity index (χ3n) is 3.97. The van der Waals surface area contributed by atoms with Gasteiger partial charge in [-0.25, -0.2) is 18.4 Å². The Balaban J connectivity index is 1.62. The van der Waals surface area contributed by atoms with Crippen molar-refractivity contribution in [3.8, 4) is 0 Å². The lowest BCUT2D eigenvalue weighted by Gasteiger charge is -2.13. The van der Waals surface area contributed by atoms with Gasteiger partial charge in [0, 0.05) is 18.7 Å². The second kappa shape index (κ2) is 6.54. The van der Waals surface area contributed by atoms with E-state index in [4.69, 9.17) is 0 Å². The third kappa shape index (κ3) is 4.19. The Morgan fingerprint density at radius 2 is 2.00 bits per heavy atom. The molecule has 7 heteroatoms. The second-order valence-electron chi connectivity index (χ2n) is 5.81. The van der Waals surface area contributed by atoms with E-state index in [0.717, 1.165) is 0 Å². The Hall–Kier alpha value is -2.15. The average Bonchev–Trinajstić information content (AvgIpc) is 2.86. The van der Waals surface area contributed by atoms with Crippen LogP contribution in [0, 0.1) is 6.92 Å². The quantitative estimate of drug-likeness (QED) is 0.871. The SMILES string of the molecule is Cc1ccccc1CNc1cc(NC2CCS(=O)(=O)C2)ncn1. The van der Waals surface area contributed by atoms with Crippen molar-refractivity contribution in [3.05, 3.63) is 47.8 Å². The summed E-state index contributed by atoms with van der Waals surface area (Å²) in [7, 11) is -2.90. The zero-order chi connectivity index (χ0) is 16.3. The molecule has 1 saturated heterocycles. The largest absolute Gasteiger partial charge is 0.366 e. The smallest absolute Gasteiger partial charge is 0.152 e. The van der Waals surface area contributed by atoms with E-state index in [0.29, 0.717) is 24.6 Å². The van der Waals surface area contributed by atoms with E-state index in [2.05, 4.69) is 39.7 Å². The Morgan fingerprint density at radius 1 is 1.22 bits per heavy atom. The van der Waals surface area contributed by atoms with Gasteiger partial charge in [0.1, 0.15) is 18.0 Å². The van der Waals surface area contributed by atoms with Crippen LogP contribution in [-0.4, -0.2) is 35.9 Å². The normalized spacial score (nSPS) is 19.4. The van der Waals surface area contributed by atoms with Gasteiger partial charge in [0.05, 0.1) is 11.5 Å². The first kappa shape index (κ1) is 15.7. The van der Waals surface area contributed by atoms with Gasteiger partial charge < -0.3 is 10.6 Å². The van der Waals surface area contributed by atoms with Gasteiger partial charge in [0.2, 0.25) is 0 Å². The molecule has 1 aliphatic heterocycles. The molecule has 3 rings (SSSR count). The molecule has 0 bridgehead atoms. The van der Waals surface area contributed by atoms with E-state index in [1.54, 1.807) is 0 Å². The summed E-state index contributed by atoms with van der Waals surface area (Å²) < 4.78 is 23.0. The molecule has 0 saturated carbocycles. The number of hydrogen-bond donors (Lipinski definition) is 2. The Morgan fingerprint density at radius 3 is 2.74 bits per heavy atom. The molecule has 0 spiro atoms. The first-order chi connectivity index (χ1) is 11.0. The molecule has 1 unspecified atom stereocenters. The molecular formula is C16H20N4O2S. The van der Waals surface area contributed by atoms with Gasteiger partial charge in [-0.3, -0.25) is 0 Å². The number of aryl methyl sites for hydroxylation is 1. The Kier molecular flexibility index (Phi) is 4.47. The highest BCUT2D eigenvalue weighted by atomic mass is 32.2. The number of sulfone groups is 1. The van der Waals surface area contributed by atoms with Crippen LogP contribution in [-0.2, 0) is 16.4 Å². The Bertz CT molecular complexity index is 792. The standard InChI is InChI=1S/C16H20N4O2S/c1-12-4-2-3-5-13(12)9-17-15-8-16(19-11-18-15)20-14-6-7-23(21,22)10-14/h2-5,8,11,14H,6-7,9-10H2,1H3,(H2,17,18,19,20). The molecule has 23 heavy (non-hydrogen) atoms. The van der Waals surface area contributed by atoms with Gasteiger partial charge >= 0.3 is 0 Å². The molecule has 2 N–H and O–H groups in total. The molecule has 1 aromatic heterocycles. The summed E-state index contributed by atoms with van der Waals surface area (Å²) in [6.07, 6.45) is 2.10. The van der Waals surface area contributed by atoms with Crippen LogP contribution < -0.4 is 10.6 Å². The highest BCUT2D eigenvalue weighted by Gasteiger charge is 2.27. The highest BCUT2D eigenvalue weighted by molar-refractivity contribution is 7.91. The summed E-state index contributed by atoms with van der Waals surface area (Å²) in [5.41, 5.74) is 2.44. The molecule has 1 fully saturated rings. The summed E-state index contributed by atoms with van der Waals surface area (Å²) in [6, 6.07) is 9.91. The summed E-state index contributed by atoms with van der Waals surface area (Å²) in [5, 5.41) is 6.45. The number of anilines is 2. The molecule has 1 atom stereocenters. The molecular weight excluding hydrogens is 312 g/mol. The van der Waals surface area contributed by atoms with Gasteiger partial charge in [0.25, 0.3) is 0 Å². The minimum Gasteiger partial charge on any atom is -0.366 e. The maximum absolute atomic E-state index is 11.5. The third-order valence-corrected chi connectivity index (χ3v) is 5.74. The van der Waals surface area contributed by atoms with Gasteiger partial charge in [-0.2, -0.15) is 0 Å². The van der Waals surface area contributed by atoms with E-state index in [-0.39, 0.29) is 17.5 Å². The number of aromatic nitrogens is 2. The Labute approximate surface area is 136 Å². The maximum Gasteiger partial charge on any atom is 0.152 e. The predicted octanol–water partition coefficient (Wildman–Crippen LogP) is 2.00. The summed E-state index contributed by atoms with van der Waals surface area (Å²) in [4.78, 5) is 8.37. The zero-order valence-electron chi connectivity index (χ0n) is 13.0. The van der Waals surface area contributed by atoms with Crippen LogP contribution in [0.4, 0.5) is 11.6 Å². The second-order valence-corrected chi connectivity index (χ2v) is 8.04. The molecule has 2 aromatic rings. The molecule has 6 nitrogen and oxygen atoms in total. The number of nitrogens with zero attached hydrogens (tertiary/aromatic N) is 2. The topological polar surface area (TPSA) is 84.0 Å². The molecule has 122 valence electrons. The zero-order valence-corrected chi connectivity index (χ0v) is 13.8. The van der Waals surface area contributed by atoms with Crippen molar-refractivity contribution in [2.75, 3.05) is 22.1 Å². The van der Waals surface area contributed by atoms with Gasteiger partial charge in [-0.15, -0.1) is 0 Å². The summed E-state index contributed by atoms with van der Waals surface area (Å²) in [5.74, 6) is 1.78. The monoisotopic (exact) mass is 332 g/mol. The molecule has 0 aliphatic carbocycles. The lowest BCUT2D eigenvalue weighted by molar-refractivity contribution is 0.602. The fraction of sp³-hybridized carbons (Fsp3) is 0.375. The van der Waals surface area contributed by atoms with Crippen molar-refractivity contribution in [3.63, 3.8) is 0 Å². The van der Waals surface area contributed by atoms with Crippen LogP contribution in [0.5, 0.6) is 0 Å². The van der Waals surface area contributed by atoms with Crippen molar-refractivity contribution >= 4 is 21.5 Å². The van der Waals surface area contributed by atoms with Crippen LogP contribution in [0.15, 0.2) is 36.7 Å². The van der Waals surface area contributed by atoms with Crippen LogP contribution >= 0.6 is 0 Å². The molecule has 1 aliphatic rings. The van der Waals surface area contributed by atoms with Crippen molar-refractivity contribution < 1.29 is 8.42 Å². The lowest BCUT2D eigenvalue weighted by Crippen LogP contribution is -2.21. The first-order valence-corrected chi connectivity index (χ1v) is 9.41. The van der Waals surface area contributed by atoms with E-state index in [1.165, 1.54) is 17.5 Å². The van der Waals surface area contributed by atoms with Gasteiger partial charge in [0.15, 0.2) is 9.84 Å². The number of benzene rings is 1. The predicted molar refractivity (Wildman–Crippen MR) is 91.2 cm³/mol. The van der Waals surface area contributed by atoms with Crippen LogP contribution in [0.3, 0.4) is 0 Å². The van der Waals surface area contributed by atoms with Crippen molar-refractivity contribution in [1.29, 1.82) is 0 Å². The molecule has 1 aromatic carbocycles. The van der Waals surface area contributed by atoms with Gasteiger partial charge in [-0.05, 0) is 24.5 Å². The molecule has 0 radical (unpaired) electrons. The molecule has 0 amide bonds. The lowest BCUT2D eigenvalue weighted by atomic mass is 10.1. The van der Waals surface area contributed by atoms with Crippen molar-refractivity contribution in [1.82, 2.24) is 9.97 Å².